The summed E-state index contributed by atoms with van der Waals surface area (Å²) < 4.78 is 0. The van der Waals surface area contributed by atoms with Crippen molar-refractivity contribution in [2.75, 3.05) is 62.2 Å². The lowest BCUT2D eigenvalue weighted by Crippen LogP contribution is -2.50. The largest absolute Gasteiger partial charge is 0.369 e. The van der Waals surface area contributed by atoms with E-state index < -0.39 is 0 Å². The van der Waals surface area contributed by atoms with Gasteiger partial charge in [0.15, 0.2) is 0 Å². The predicted octanol–water partition coefficient (Wildman–Crippen LogP) is 2.60. The predicted molar refractivity (Wildman–Crippen MR) is 147 cm³/mol. The Morgan fingerprint density at radius 3 is 2.24 bits per heavy atom. The highest BCUT2D eigenvalue weighted by Crippen LogP contribution is 2.21. The minimum Gasteiger partial charge on any atom is -0.369 e. The van der Waals surface area contributed by atoms with Gasteiger partial charge < -0.3 is 14.7 Å². The molecule has 0 atom stereocenters. The first-order valence-electron chi connectivity index (χ1n) is 13.2. The smallest absolute Gasteiger partial charge is 0.252 e. The molecule has 1 amide bonds. The zero-order chi connectivity index (χ0) is 25.8. The fourth-order valence-corrected chi connectivity index (χ4v) is 5.09. The van der Waals surface area contributed by atoms with E-state index in [-0.39, 0.29) is 11.5 Å². The number of aromatic nitrogens is 2. The second kappa shape index (κ2) is 11.2. The average molecular weight is 501 g/mol. The van der Waals surface area contributed by atoms with Gasteiger partial charge in [-0.05, 0) is 42.7 Å². The summed E-state index contributed by atoms with van der Waals surface area (Å²) in [4.78, 5) is 41.6. The van der Waals surface area contributed by atoms with Gasteiger partial charge in [-0.25, -0.2) is 4.98 Å². The topological polar surface area (TPSA) is 75.8 Å². The van der Waals surface area contributed by atoms with E-state index in [0.717, 1.165) is 37.4 Å². The maximum atomic E-state index is 12.7. The summed E-state index contributed by atoms with van der Waals surface area (Å²) in [6, 6.07) is 18.1. The molecule has 0 radical (unpaired) electrons. The van der Waals surface area contributed by atoms with Crippen molar-refractivity contribution < 1.29 is 4.79 Å². The average Bonchev–Trinajstić information content (AvgIpc) is 2.91. The molecule has 8 heteroatoms. The monoisotopic (exact) mass is 500 g/mol. The molecule has 0 spiro atoms. The highest BCUT2D eigenvalue weighted by atomic mass is 16.2. The summed E-state index contributed by atoms with van der Waals surface area (Å²) in [5.41, 5.74) is 5.61. The number of carbonyl (C=O) groups is 1. The van der Waals surface area contributed by atoms with Crippen LogP contribution in [0.25, 0.3) is 0 Å². The van der Waals surface area contributed by atoms with Crippen LogP contribution >= 0.6 is 0 Å². The number of aromatic amines is 1. The van der Waals surface area contributed by atoms with Crippen molar-refractivity contribution in [1.29, 1.82) is 0 Å². The molecule has 2 fully saturated rings. The van der Waals surface area contributed by atoms with Gasteiger partial charge in [0.2, 0.25) is 11.9 Å². The number of piperazine rings is 2. The second-order valence-corrected chi connectivity index (χ2v) is 10.1. The molecule has 2 saturated heterocycles. The Bertz CT molecular complexity index is 1280. The molecule has 5 rings (SSSR count). The highest BCUT2D eigenvalue weighted by Gasteiger charge is 2.24. The Labute approximate surface area is 218 Å². The third-order valence-electron chi connectivity index (χ3n) is 7.53. The number of anilines is 2. The molecule has 37 heavy (non-hydrogen) atoms. The number of hydrogen-bond donors (Lipinski definition) is 1. The van der Waals surface area contributed by atoms with Crippen molar-refractivity contribution in [2.45, 2.75) is 26.8 Å². The van der Waals surface area contributed by atoms with Crippen molar-refractivity contribution in [3.8, 4) is 0 Å². The third kappa shape index (κ3) is 6.20. The van der Waals surface area contributed by atoms with E-state index in [2.05, 4.69) is 51.7 Å². The summed E-state index contributed by atoms with van der Waals surface area (Å²) in [7, 11) is 0. The van der Waals surface area contributed by atoms with E-state index >= 15 is 0 Å². The molecule has 2 aliphatic rings. The van der Waals surface area contributed by atoms with Crippen molar-refractivity contribution in [2.24, 2.45) is 0 Å². The van der Waals surface area contributed by atoms with E-state index in [4.69, 9.17) is 4.98 Å². The van der Waals surface area contributed by atoms with Crippen LogP contribution in [0.3, 0.4) is 0 Å². The minimum absolute atomic E-state index is 0.128. The zero-order valence-corrected chi connectivity index (χ0v) is 21.8. The van der Waals surface area contributed by atoms with Crippen molar-refractivity contribution >= 4 is 17.5 Å². The lowest BCUT2D eigenvalue weighted by Gasteiger charge is -2.36. The van der Waals surface area contributed by atoms with Crippen LogP contribution in [0.15, 0.2) is 59.4 Å². The Morgan fingerprint density at radius 1 is 0.838 bits per heavy atom. The third-order valence-corrected chi connectivity index (χ3v) is 7.53. The lowest BCUT2D eigenvalue weighted by atomic mass is 10.1. The molecule has 3 aromatic rings. The van der Waals surface area contributed by atoms with E-state index in [9.17, 15) is 9.59 Å². The summed E-state index contributed by atoms with van der Waals surface area (Å²) in [5.74, 6) is 0.743. The van der Waals surface area contributed by atoms with Crippen LogP contribution in [0.4, 0.5) is 11.6 Å². The van der Waals surface area contributed by atoms with Gasteiger partial charge in [0.05, 0.1) is 12.1 Å². The van der Waals surface area contributed by atoms with Crippen LogP contribution < -0.4 is 15.4 Å². The molecular weight excluding hydrogens is 464 g/mol. The molecule has 0 aliphatic carbocycles. The van der Waals surface area contributed by atoms with Crippen molar-refractivity contribution in [1.82, 2.24) is 19.8 Å². The molecule has 1 N–H and O–H groups in total. The van der Waals surface area contributed by atoms with Gasteiger partial charge in [-0.2, -0.15) is 0 Å². The molecular formula is C29H36N6O2. The molecule has 194 valence electrons. The van der Waals surface area contributed by atoms with Crippen molar-refractivity contribution in [3.63, 3.8) is 0 Å². The molecule has 2 aliphatic heterocycles. The molecule has 0 saturated carbocycles. The van der Waals surface area contributed by atoms with Gasteiger partial charge in [-0.1, -0.05) is 36.4 Å². The van der Waals surface area contributed by atoms with Gasteiger partial charge in [0.25, 0.3) is 5.56 Å². The van der Waals surface area contributed by atoms with Gasteiger partial charge in [-0.3, -0.25) is 19.5 Å². The van der Waals surface area contributed by atoms with Crippen LogP contribution in [-0.4, -0.2) is 78.0 Å². The first-order chi connectivity index (χ1) is 17.9. The highest BCUT2D eigenvalue weighted by molar-refractivity contribution is 5.79. The molecule has 8 nitrogen and oxygen atoms in total. The number of H-pyrrole nitrogens is 1. The SMILES string of the molecule is Cc1ccc(N2CCN(Cc3cc(=O)[nH]c(N4CCN(C(=O)Cc5ccccc5)CC4)n3)CC2)cc1C. The second-order valence-electron chi connectivity index (χ2n) is 10.1. The van der Waals surface area contributed by atoms with E-state index in [0.29, 0.717) is 45.1 Å². The lowest BCUT2D eigenvalue weighted by molar-refractivity contribution is -0.130. The summed E-state index contributed by atoms with van der Waals surface area (Å²) in [6.45, 7) is 11.3. The molecule has 1 aromatic heterocycles. The quantitative estimate of drug-likeness (QED) is 0.561. The number of carbonyl (C=O) groups excluding carboxylic acids is 1. The summed E-state index contributed by atoms with van der Waals surface area (Å²) in [5, 5.41) is 0. The number of benzene rings is 2. The number of rotatable bonds is 6. The normalized spacial score (nSPS) is 16.8. The Morgan fingerprint density at radius 2 is 1.54 bits per heavy atom. The number of nitrogens with one attached hydrogen (secondary N) is 1. The van der Waals surface area contributed by atoms with Crippen LogP contribution in [0, 0.1) is 13.8 Å². The molecule has 3 heterocycles. The zero-order valence-electron chi connectivity index (χ0n) is 21.8. The Hall–Kier alpha value is -3.65. The standard InChI is InChI=1S/C29H36N6O2/c1-22-8-9-26(18-23(22)2)33-12-10-32(11-13-33)21-25-20-27(36)31-29(30-25)35-16-14-34(15-17-35)28(37)19-24-6-4-3-5-7-24/h3-9,18,20H,10-17,19,21H2,1-2H3,(H,30,31,36). The molecule has 2 aromatic carbocycles. The van der Waals surface area contributed by atoms with Gasteiger partial charge in [0.1, 0.15) is 0 Å². The van der Waals surface area contributed by atoms with Crippen LogP contribution in [0.1, 0.15) is 22.4 Å². The van der Waals surface area contributed by atoms with Crippen molar-refractivity contribution in [3.05, 3.63) is 87.3 Å². The minimum atomic E-state index is -0.128. The summed E-state index contributed by atoms with van der Waals surface area (Å²) in [6.07, 6.45) is 0.419. The Kier molecular flexibility index (Phi) is 7.55. The summed E-state index contributed by atoms with van der Waals surface area (Å²) >= 11 is 0. The first-order valence-corrected chi connectivity index (χ1v) is 13.2. The number of aryl methyl sites for hydroxylation is 2. The maximum absolute atomic E-state index is 12.7. The number of hydrogen-bond acceptors (Lipinski definition) is 6. The maximum Gasteiger partial charge on any atom is 0.252 e. The fraction of sp³-hybridized carbons (Fsp3) is 0.414. The van der Waals surface area contributed by atoms with E-state index in [1.54, 1.807) is 6.07 Å². The van der Waals surface area contributed by atoms with Gasteiger partial charge >= 0.3 is 0 Å². The first kappa shape index (κ1) is 25.0. The number of nitrogens with zero attached hydrogens (tertiary/aromatic N) is 5. The number of amides is 1. The van der Waals surface area contributed by atoms with Crippen LogP contribution in [0.5, 0.6) is 0 Å². The Balaban J connectivity index is 1.15. The van der Waals surface area contributed by atoms with Crippen LogP contribution in [-0.2, 0) is 17.8 Å². The van der Waals surface area contributed by atoms with E-state index in [1.807, 2.05) is 35.2 Å². The fourth-order valence-electron chi connectivity index (χ4n) is 5.09. The van der Waals surface area contributed by atoms with E-state index in [1.165, 1.54) is 16.8 Å². The van der Waals surface area contributed by atoms with Gasteiger partial charge in [0, 0.05) is 70.7 Å². The molecule has 0 bridgehead atoms. The van der Waals surface area contributed by atoms with Crippen LogP contribution in [0.2, 0.25) is 0 Å². The molecule has 0 unspecified atom stereocenters. The van der Waals surface area contributed by atoms with Gasteiger partial charge in [-0.15, -0.1) is 0 Å².